The predicted molar refractivity (Wildman–Crippen MR) is 121 cm³/mol. The van der Waals surface area contributed by atoms with E-state index < -0.39 is 0 Å². The lowest BCUT2D eigenvalue weighted by Crippen LogP contribution is -2.23. The number of aryl methyl sites for hydroxylation is 2. The molecular weight excluding hydrogens is 398 g/mol. The van der Waals surface area contributed by atoms with E-state index in [0.29, 0.717) is 33.0 Å². The molecule has 0 spiro atoms. The standard InChI is InChI=1S/C24H20ClN3O2/c1-3-16-7-5-8-17(23(16)29)10-11-21-27-20-14-26-13-12-18(20)24(30)28(21)22-15(2)6-4-9-19(22)25/h4-14,29H,3H2,1-2H3/b11-10+. The number of nitrogens with zero attached hydrogens (tertiary/aromatic N) is 3. The van der Waals surface area contributed by atoms with Gasteiger partial charge in [0.15, 0.2) is 0 Å². The first-order chi connectivity index (χ1) is 14.5. The van der Waals surface area contributed by atoms with Crippen LogP contribution in [0.3, 0.4) is 0 Å². The maximum absolute atomic E-state index is 13.4. The first-order valence-corrected chi connectivity index (χ1v) is 10.00. The fourth-order valence-corrected chi connectivity index (χ4v) is 3.79. The van der Waals surface area contributed by atoms with Crippen LogP contribution in [0.2, 0.25) is 5.02 Å². The number of phenols is 1. The number of para-hydroxylation sites is 2. The van der Waals surface area contributed by atoms with E-state index in [1.54, 1.807) is 36.7 Å². The van der Waals surface area contributed by atoms with Crippen LogP contribution < -0.4 is 5.56 Å². The van der Waals surface area contributed by atoms with Gasteiger partial charge in [0.1, 0.15) is 11.6 Å². The number of hydrogen-bond donors (Lipinski definition) is 1. The van der Waals surface area contributed by atoms with Crippen LogP contribution in [0, 0.1) is 6.92 Å². The van der Waals surface area contributed by atoms with Gasteiger partial charge in [-0.2, -0.15) is 0 Å². The van der Waals surface area contributed by atoms with Crippen molar-refractivity contribution in [1.29, 1.82) is 0 Å². The van der Waals surface area contributed by atoms with Crippen molar-refractivity contribution in [1.82, 2.24) is 14.5 Å². The minimum Gasteiger partial charge on any atom is -0.507 e. The molecule has 4 aromatic rings. The number of halogens is 1. The first-order valence-electron chi connectivity index (χ1n) is 9.62. The third kappa shape index (κ3) is 3.48. The Kier molecular flexibility index (Phi) is 5.38. The van der Waals surface area contributed by atoms with Crippen molar-refractivity contribution in [2.24, 2.45) is 0 Å². The summed E-state index contributed by atoms with van der Waals surface area (Å²) in [5, 5.41) is 11.4. The van der Waals surface area contributed by atoms with Crippen molar-refractivity contribution in [2.45, 2.75) is 20.3 Å². The van der Waals surface area contributed by atoms with Gasteiger partial charge in [-0.1, -0.05) is 48.9 Å². The van der Waals surface area contributed by atoms with Crippen molar-refractivity contribution >= 4 is 34.7 Å². The van der Waals surface area contributed by atoms with Crippen molar-refractivity contribution < 1.29 is 5.11 Å². The fraction of sp³-hybridized carbons (Fsp3) is 0.125. The molecule has 0 saturated carbocycles. The number of rotatable bonds is 4. The number of phenolic OH excluding ortho intramolecular Hbond substituents is 1. The summed E-state index contributed by atoms with van der Waals surface area (Å²) in [6, 6.07) is 12.7. The quantitative estimate of drug-likeness (QED) is 0.496. The molecule has 2 aromatic carbocycles. The molecule has 0 unspecified atom stereocenters. The van der Waals surface area contributed by atoms with Gasteiger partial charge in [-0.25, -0.2) is 4.98 Å². The van der Waals surface area contributed by atoms with Crippen molar-refractivity contribution in [3.8, 4) is 11.4 Å². The molecule has 2 heterocycles. The number of pyridine rings is 1. The van der Waals surface area contributed by atoms with Gasteiger partial charge in [0.25, 0.3) is 5.56 Å². The van der Waals surface area contributed by atoms with Crippen LogP contribution in [0.1, 0.15) is 29.4 Å². The summed E-state index contributed by atoms with van der Waals surface area (Å²) in [4.78, 5) is 22.1. The summed E-state index contributed by atoms with van der Waals surface area (Å²) in [7, 11) is 0. The van der Waals surface area contributed by atoms with Crippen LogP contribution in [0.15, 0.2) is 59.7 Å². The third-order valence-corrected chi connectivity index (χ3v) is 5.36. The molecule has 0 amide bonds. The number of benzene rings is 2. The van der Waals surface area contributed by atoms with E-state index in [1.807, 2.05) is 44.2 Å². The Morgan fingerprint density at radius 3 is 2.70 bits per heavy atom. The first kappa shape index (κ1) is 19.9. The van der Waals surface area contributed by atoms with E-state index in [1.165, 1.54) is 4.57 Å². The average molecular weight is 418 g/mol. The Morgan fingerprint density at radius 1 is 1.13 bits per heavy atom. The lowest BCUT2D eigenvalue weighted by Gasteiger charge is -2.15. The Bertz CT molecular complexity index is 1320. The summed E-state index contributed by atoms with van der Waals surface area (Å²) in [6.07, 6.45) is 7.31. The fourth-order valence-electron chi connectivity index (χ4n) is 3.48. The highest BCUT2D eigenvalue weighted by atomic mass is 35.5. The Balaban J connectivity index is 1.99. The molecule has 0 aliphatic rings. The summed E-state index contributed by atoms with van der Waals surface area (Å²) >= 11 is 6.48. The number of aromatic hydroxyl groups is 1. The monoisotopic (exact) mass is 417 g/mol. The SMILES string of the molecule is CCc1cccc(/C=C/c2nc3cnccc3c(=O)n2-c2c(C)cccc2Cl)c1O. The topological polar surface area (TPSA) is 68.0 Å². The second kappa shape index (κ2) is 8.13. The van der Waals surface area contributed by atoms with Crippen LogP contribution in [-0.4, -0.2) is 19.6 Å². The minimum absolute atomic E-state index is 0.224. The number of hydrogen-bond acceptors (Lipinski definition) is 4. The van der Waals surface area contributed by atoms with E-state index >= 15 is 0 Å². The molecule has 1 N–H and O–H groups in total. The molecule has 2 aromatic heterocycles. The van der Waals surface area contributed by atoms with E-state index in [2.05, 4.69) is 9.97 Å². The molecule has 0 bridgehead atoms. The zero-order valence-electron chi connectivity index (χ0n) is 16.6. The summed E-state index contributed by atoms with van der Waals surface area (Å²) < 4.78 is 1.51. The summed E-state index contributed by atoms with van der Waals surface area (Å²) in [5.41, 5.74) is 3.20. The highest BCUT2D eigenvalue weighted by Gasteiger charge is 2.15. The van der Waals surface area contributed by atoms with E-state index in [4.69, 9.17) is 11.6 Å². The van der Waals surface area contributed by atoms with Crippen LogP contribution in [0.5, 0.6) is 5.75 Å². The third-order valence-electron chi connectivity index (χ3n) is 5.05. The van der Waals surface area contributed by atoms with Gasteiger partial charge >= 0.3 is 0 Å². The molecule has 4 rings (SSSR count). The van der Waals surface area contributed by atoms with E-state index in [9.17, 15) is 9.90 Å². The second-order valence-electron chi connectivity index (χ2n) is 6.95. The van der Waals surface area contributed by atoms with Crippen molar-refractivity contribution in [3.63, 3.8) is 0 Å². The zero-order chi connectivity index (χ0) is 21.3. The molecule has 5 nitrogen and oxygen atoms in total. The van der Waals surface area contributed by atoms with Crippen LogP contribution in [-0.2, 0) is 6.42 Å². The van der Waals surface area contributed by atoms with Crippen LogP contribution in [0.25, 0.3) is 28.7 Å². The van der Waals surface area contributed by atoms with E-state index in [0.717, 1.165) is 17.5 Å². The Labute approximate surface area is 178 Å². The average Bonchev–Trinajstić information content (AvgIpc) is 2.74. The summed E-state index contributed by atoms with van der Waals surface area (Å²) in [6.45, 7) is 3.88. The van der Waals surface area contributed by atoms with Crippen molar-refractivity contribution in [2.75, 3.05) is 0 Å². The van der Waals surface area contributed by atoms with Gasteiger partial charge < -0.3 is 5.11 Å². The highest BCUT2D eigenvalue weighted by molar-refractivity contribution is 6.32. The normalized spacial score (nSPS) is 11.4. The molecule has 30 heavy (non-hydrogen) atoms. The molecule has 150 valence electrons. The second-order valence-corrected chi connectivity index (χ2v) is 7.36. The van der Waals surface area contributed by atoms with Crippen LogP contribution >= 0.6 is 11.6 Å². The van der Waals surface area contributed by atoms with Gasteiger partial charge in [-0.15, -0.1) is 0 Å². The molecule has 0 atom stereocenters. The highest BCUT2D eigenvalue weighted by Crippen LogP contribution is 2.27. The number of aromatic nitrogens is 3. The van der Waals surface area contributed by atoms with Crippen molar-refractivity contribution in [3.05, 3.63) is 92.7 Å². The lowest BCUT2D eigenvalue weighted by atomic mass is 10.1. The molecule has 0 radical (unpaired) electrons. The van der Waals surface area contributed by atoms with Crippen LogP contribution in [0.4, 0.5) is 0 Å². The Morgan fingerprint density at radius 2 is 1.93 bits per heavy atom. The van der Waals surface area contributed by atoms with Gasteiger partial charge in [0, 0.05) is 11.8 Å². The minimum atomic E-state index is -0.232. The molecule has 0 aliphatic heterocycles. The van der Waals surface area contributed by atoms with Gasteiger partial charge in [0.05, 0.1) is 27.8 Å². The molecule has 0 aliphatic carbocycles. The van der Waals surface area contributed by atoms with Gasteiger partial charge in [-0.05, 0) is 48.8 Å². The lowest BCUT2D eigenvalue weighted by molar-refractivity contribution is 0.467. The largest absolute Gasteiger partial charge is 0.507 e. The smallest absolute Gasteiger partial charge is 0.266 e. The zero-order valence-corrected chi connectivity index (χ0v) is 17.4. The maximum Gasteiger partial charge on any atom is 0.266 e. The van der Waals surface area contributed by atoms with Gasteiger partial charge in [0.2, 0.25) is 0 Å². The van der Waals surface area contributed by atoms with Gasteiger partial charge in [-0.3, -0.25) is 14.3 Å². The molecule has 6 heteroatoms. The number of fused-ring (bicyclic) bond motifs is 1. The summed E-state index contributed by atoms with van der Waals surface area (Å²) in [5.74, 6) is 0.625. The van der Waals surface area contributed by atoms with E-state index in [-0.39, 0.29) is 11.3 Å². The molecule has 0 saturated heterocycles. The predicted octanol–water partition coefficient (Wildman–Crippen LogP) is 5.18. The maximum atomic E-state index is 13.4. The molecule has 0 fully saturated rings. The Hall–Kier alpha value is -3.44. The molecular formula is C24H20ClN3O2.